The molecule has 2 N–H and O–H groups in total. The maximum Gasteiger partial charge on any atom is 0.127 e. The van der Waals surface area contributed by atoms with Gasteiger partial charge in [0, 0.05) is 18.7 Å². The molecule has 1 aliphatic heterocycles. The van der Waals surface area contributed by atoms with Crippen LogP contribution in [0.5, 0.6) is 0 Å². The Morgan fingerprint density at radius 1 is 1.38 bits per heavy atom. The number of piperidine rings is 1. The smallest absolute Gasteiger partial charge is 0.127 e. The summed E-state index contributed by atoms with van der Waals surface area (Å²) in [5.74, 6) is 0.484. The second-order valence-electron chi connectivity index (χ2n) is 4.57. The summed E-state index contributed by atoms with van der Waals surface area (Å²) in [6, 6.07) is 7.02. The molecule has 0 saturated carbocycles. The number of hydrogen-bond donors (Lipinski definition) is 1. The third-order valence-electron chi connectivity index (χ3n) is 3.29. The molecule has 1 fully saturated rings. The van der Waals surface area contributed by atoms with E-state index < -0.39 is 0 Å². The predicted octanol–water partition coefficient (Wildman–Crippen LogP) is 2.00. The molecular formula is C13H19FN2. The fourth-order valence-corrected chi connectivity index (χ4v) is 2.35. The minimum atomic E-state index is -0.0997. The Balaban J connectivity index is 1.97. The lowest BCUT2D eigenvalue weighted by Crippen LogP contribution is -2.38. The zero-order valence-corrected chi connectivity index (χ0v) is 9.53. The van der Waals surface area contributed by atoms with Crippen LogP contribution in [-0.4, -0.2) is 24.5 Å². The van der Waals surface area contributed by atoms with Crippen LogP contribution in [0.4, 0.5) is 4.39 Å². The van der Waals surface area contributed by atoms with Crippen LogP contribution in [0.1, 0.15) is 18.4 Å². The highest BCUT2D eigenvalue weighted by atomic mass is 19.1. The van der Waals surface area contributed by atoms with Gasteiger partial charge in [0.25, 0.3) is 0 Å². The minimum absolute atomic E-state index is 0.0997. The van der Waals surface area contributed by atoms with Gasteiger partial charge in [0.2, 0.25) is 0 Å². The molecule has 0 radical (unpaired) electrons. The summed E-state index contributed by atoms with van der Waals surface area (Å²) in [4.78, 5) is 2.31. The number of nitrogens with zero attached hydrogens (tertiary/aromatic N) is 1. The van der Waals surface area contributed by atoms with Crippen LogP contribution in [0.3, 0.4) is 0 Å². The van der Waals surface area contributed by atoms with Crippen LogP contribution in [0.15, 0.2) is 24.3 Å². The summed E-state index contributed by atoms with van der Waals surface area (Å²) in [6.45, 7) is 3.52. The van der Waals surface area contributed by atoms with E-state index in [1.807, 2.05) is 12.1 Å². The molecule has 0 bridgehead atoms. The van der Waals surface area contributed by atoms with E-state index >= 15 is 0 Å². The van der Waals surface area contributed by atoms with Crippen molar-refractivity contribution in [3.05, 3.63) is 35.6 Å². The quantitative estimate of drug-likeness (QED) is 0.847. The summed E-state index contributed by atoms with van der Waals surface area (Å²) in [5.41, 5.74) is 6.48. The van der Waals surface area contributed by atoms with Crippen LogP contribution in [-0.2, 0) is 6.54 Å². The van der Waals surface area contributed by atoms with Gasteiger partial charge < -0.3 is 5.73 Å². The molecule has 0 amide bonds. The normalized spacial score (nSPS) is 22.2. The van der Waals surface area contributed by atoms with E-state index in [0.717, 1.165) is 25.2 Å². The average molecular weight is 222 g/mol. The fraction of sp³-hybridized carbons (Fsp3) is 0.538. The van der Waals surface area contributed by atoms with Crippen molar-refractivity contribution in [2.45, 2.75) is 19.4 Å². The Kier molecular flexibility index (Phi) is 3.91. The molecule has 0 spiro atoms. The molecular weight excluding hydrogens is 203 g/mol. The number of hydrogen-bond acceptors (Lipinski definition) is 2. The Morgan fingerprint density at radius 2 is 2.19 bits per heavy atom. The van der Waals surface area contributed by atoms with Crippen molar-refractivity contribution < 1.29 is 4.39 Å². The van der Waals surface area contributed by atoms with Crippen molar-refractivity contribution in [1.82, 2.24) is 4.90 Å². The standard InChI is InChI=1S/C13H19FN2/c14-13-6-2-1-5-12(13)10-16-7-3-4-11(8-15)9-16/h1-2,5-6,11H,3-4,7-10,15H2. The molecule has 0 aliphatic carbocycles. The molecule has 88 valence electrons. The number of nitrogens with two attached hydrogens (primary N) is 1. The molecule has 1 aromatic carbocycles. The van der Waals surface area contributed by atoms with Crippen molar-refractivity contribution in [2.75, 3.05) is 19.6 Å². The van der Waals surface area contributed by atoms with E-state index in [1.165, 1.54) is 18.9 Å². The van der Waals surface area contributed by atoms with Gasteiger partial charge in [-0.2, -0.15) is 0 Å². The first-order valence-corrected chi connectivity index (χ1v) is 5.95. The van der Waals surface area contributed by atoms with Crippen molar-refractivity contribution in [2.24, 2.45) is 11.7 Å². The van der Waals surface area contributed by atoms with Crippen LogP contribution >= 0.6 is 0 Å². The third kappa shape index (κ3) is 2.80. The van der Waals surface area contributed by atoms with Gasteiger partial charge in [-0.3, -0.25) is 4.90 Å². The van der Waals surface area contributed by atoms with Crippen molar-refractivity contribution >= 4 is 0 Å². The molecule has 2 nitrogen and oxygen atoms in total. The first-order valence-electron chi connectivity index (χ1n) is 5.95. The van der Waals surface area contributed by atoms with Gasteiger partial charge in [0.05, 0.1) is 0 Å². The SMILES string of the molecule is NCC1CCCN(Cc2ccccc2F)C1. The topological polar surface area (TPSA) is 29.3 Å². The zero-order chi connectivity index (χ0) is 11.4. The number of likely N-dealkylation sites (tertiary alicyclic amines) is 1. The van der Waals surface area contributed by atoms with E-state index in [-0.39, 0.29) is 5.82 Å². The molecule has 1 heterocycles. The summed E-state index contributed by atoms with van der Waals surface area (Å²) in [5, 5.41) is 0. The molecule has 2 rings (SSSR count). The second-order valence-corrected chi connectivity index (χ2v) is 4.57. The van der Waals surface area contributed by atoms with Crippen LogP contribution in [0, 0.1) is 11.7 Å². The molecule has 1 saturated heterocycles. The first kappa shape index (κ1) is 11.6. The monoisotopic (exact) mass is 222 g/mol. The van der Waals surface area contributed by atoms with Crippen molar-refractivity contribution in [3.8, 4) is 0 Å². The highest BCUT2D eigenvalue weighted by Crippen LogP contribution is 2.18. The first-order chi connectivity index (χ1) is 7.79. The zero-order valence-electron chi connectivity index (χ0n) is 9.53. The van der Waals surface area contributed by atoms with Crippen molar-refractivity contribution in [3.63, 3.8) is 0 Å². The lowest BCUT2D eigenvalue weighted by atomic mass is 9.98. The molecule has 3 heteroatoms. The summed E-state index contributed by atoms with van der Waals surface area (Å²) in [7, 11) is 0. The number of halogens is 1. The maximum atomic E-state index is 13.5. The second kappa shape index (κ2) is 5.41. The Labute approximate surface area is 96.2 Å². The molecule has 16 heavy (non-hydrogen) atoms. The van der Waals surface area contributed by atoms with E-state index in [4.69, 9.17) is 5.73 Å². The fourth-order valence-electron chi connectivity index (χ4n) is 2.35. The molecule has 1 atom stereocenters. The van der Waals surface area contributed by atoms with E-state index in [2.05, 4.69) is 4.90 Å². The number of rotatable bonds is 3. The molecule has 1 aromatic rings. The van der Waals surface area contributed by atoms with Gasteiger partial charge in [-0.15, -0.1) is 0 Å². The van der Waals surface area contributed by atoms with E-state index in [9.17, 15) is 4.39 Å². The van der Waals surface area contributed by atoms with Gasteiger partial charge in [0.1, 0.15) is 5.82 Å². The van der Waals surface area contributed by atoms with Gasteiger partial charge in [-0.05, 0) is 37.9 Å². The Morgan fingerprint density at radius 3 is 2.94 bits per heavy atom. The van der Waals surface area contributed by atoms with Gasteiger partial charge in [0.15, 0.2) is 0 Å². The molecule has 1 unspecified atom stereocenters. The third-order valence-corrected chi connectivity index (χ3v) is 3.29. The molecule has 1 aliphatic rings. The largest absolute Gasteiger partial charge is 0.330 e. The Hall–Kier alpha value is -0.930. The van der Waals surface area contributed by atoms with E-state index in [1.54, 1.807) is 6.07 Å². The van der Waals surface area contributed by atoms with Crippen LogP contribution in [0.2, 0.25) is 0 Å². The van der Waals surface area contributed by atoms with Gasteiger partial charge >= 0.3 is 0 Å². The summed E-state index contributed by atoms with van der Waals surface area (Å²) in [6.07, 6.45) is 2.39. The maximum absolute atomic E-state index is 13.5. The van der Waals surface area contributed by atoms with E-state index in [0.29, 0.717) is 12.5 Å². The lowest BCUT2D eigenvalue weighted by Gasteiger charge is -2.32. The predicted molar refractivity (Wildman–Crippen MR) is 63.5 cm³/mol. The number of benzene rings is 1. The lowest BCUT2D eigenvalue weighted by molar-refractivity contribution is 0.169. The summed E-state index contributed by atoms with van der Waals surface area (Å²) >= 11 is 0. The minimum Gasteiger partial charge on any atom is -0.330 e. The molecule has 0 aromatic heterocycles. The average Bonchev–Trinajstić information content (AvgIpc) is 2.32. The Bertz CT molecular complexity index is 340. The highest BCUT2D eigenvalue weighted by molar-refractivity contribution is 5.17. The van der Waals surface area contributed by atoms with Crippen LogP contribution in [0.25, 0.3) is 0 Å². The summed E-state index contributed by atoms with van der Waals surface area (Å²) < 4.78 is 13.5. The highest BCUT2D eigenvalue weighted by Gasteiger charge is 2.19. The van der Waals surface area contributed by atoms with Gasteiger partial charge in [-0.25, -0.2) is 4.39 Å². The van der Waals surface area contributed by atoms with Gasteiger partial charge in [-0.1, -0.05) is 18.2 Å². The van der Waals surface area contributed by atoms with Crippen LogP contribution < -0.4 is 5.73 Å². The van der Waals surface area contributed by atoms with Crippen molar-refractivity contribution in [1.29, 1.82) is 0 Å².